The molecule has 2 N–H and O–H groups in total. The van der Waals surface area contributed by atoms with Crippen LogP contribution in [0.3, 0.4) is 0 Å². The summed E-state index contributed by atoms with van der Waals surface area (Å²) in [5.74, 6) is -3.32. The Balaban J connectivity index is 2.06. The van der Waals surface area contributed by atoms with Crippen LogP contribution in [0.2, 0.25) is 0 Å². The Bertz CT molecular complexity index is 396. The van der Waals surface area contributed by atoms with Gasteiger partial charge in [-0.1, -0.05) is 30.3 Å². The van der Waals surface area contributed by atoms with Crippen molar-refractivity contribution in [3.8, 4) is 0 Å². The fraction of sp³-hybridized carbons (Fsp3) is 0.538. The zero-order chi connectivity index (χ0) is 13.2. The van der Waals surface area contributed by atoms with Gasteiger partial charge in [0.25, 0.3) is 5.92 Å². The molecule has 0 aromatic heterocycles. The minimum Gasteiger partial charge on any atom is -0.330 e. The molecule has 1 aromatic rings. The van der Waals surface area contributed by atoms with E-state index in [-0.39, 0.29) is 19.5 Å². The van der Waals surface area contributed by atoms with Gasteiger partial charge in [-0.2, -0.15) is 0 Å². The van der Waals surface area contributed by atoms with Crippen molar-refractivity contribution in [3.63, 3.8) is 0 Å². The number of alkyl halides is 3. The van der Waals surface area contributed by atoms with E-state index in [2.05, 4.69) is 0 Å². The van der Waals surface area contributed by atoms with E-state index >= 15 is 0 Å². The average molecular weight is 258 g/mol. The molecule has 0 saturated carbocycles. The van der Waals surface area contributed by atoms with E-state index in [0.29, 0.717) is 6.54 Å². The number of nitrogens with zero attached hydrogens (tertiary/aromatic N) is 1. The standard InChI is InChI=1S/C13H17F3N2/c14-12(6-7-17)9-18(10-13(12,15)16)8-11-4-2-1-3-5-11/h1-5H,6-10,17H2. The number of hydrogen-bond acceptors (Lipinski definition) is 2. The third kappa shape index (κ3) is 2.52. The maximum absolute atomic E-state index is 14.2. The van der Waals surface area contributed by atoms with Gasteiger partial charge in [0, 0.05) is 19.5 Å². The summed E-state index contributed by atoms with van der Waals surface area (Å²) in [7, 11) is 0. The molecule has 2 nitrogen and oxygen atoms in total. The number of nitrogens with two attached hydrogens (primary N) is 1. The summed E-state index contributed by atoms with van der Waals surface area (Å²) in [5.41, 5.74) is 3.64. The Hall–Kier alpha value is -1.07. The molecule has 5 heteroatoms. The minimum absolute atomic E-state index is 0.0642. The fourth-order valence-electron chi connectivity index (χ4n) is 2.39. The predicted octanol–water partition coefficient (Wildman–Crippen LogP) is 2.19. The second kappa shape index (κ2) is 4.90. The fourth-order valence-corrected chi connectivity index (χ4v) is 2.39. The number of likely N-dealkylation sites (tertiary alicyclic amines) is 1. The van der Waals surface area contributed by atoms with Crippen LogP contribution in [0.25, 0.3) is 0 Å². The summed E-state index contributed by atoms with van der Waals surface area (Å²) < 4.78 is 41.5. The molecule has 0 spiro atoms. The SMILES string of the molecule is NCCC1(F)CN(Cc2ccccc2)CC1(F)F. The van der Waals surface area contributed by atoms with Gasteiger partial charge in [0.1, 0.15) is 0 Å². The topological polar surface area (TPSA) is 29.3 Å². The molecule has 1 fully saturated rings. The van der Waals surface area contributed by atoms with Crippen molar-refractivity contribution in [1.82, 2.24) is 4.90 Å². The van der Waals surface area contributed by atoms with Gasteiger partial charge in [0.2, 0.25) is 0 Å². The lowest BCUT2D eigenvalue weighted by Gasteiger charge is -2.24. The van der Waals surface area contributed by atoms with Gasteiger partial charge in [-0.3, -0.25) is 4.90 Å². The lowest BCUT2D eigenvalue weighted by Crippen LogP contribution is -2.44. The Morgan fingerprint density at radius 1 is 1.11 bits per heavy atom. The van der Waals surface area contributed by atoms with Crippen molar-refractivity contribution in [2.24, 2.45) is 5.73 Å². The highest BCUT2D eigenvalue weighted by atomic mass is 19.3. The average Bonchev–Trinajstić information content (AvgIpc) is 2.50. The minimum atomic E-state index is -3.32. The molecule has 0 radical (unpaired) electrons. The quantitative estimate of drug-likeness (QED) is 0.897. The largest absolute Gasteiger partial charge is 0.330 e. The van der Waals surface area contributed by atoms with Crippen LogP contribution in [0, 0.1) is 0 Å². The van der Waals surface area contributed by atoms with E-state index in [1.165, 1.54) is 4.90 Å². The van der Waals surface area contributed by atoms with Gasteiger partial charge in [0.05, 0.1) is 6.54 Å². The Morgan fingerprint density at radius 3 is 2.39 bits per heavy atom. The van der Waals surface area contributed by atoms with Crippen LogP contribution in [0.5, 0.6) is 0 Å². The summed E-state index contributed by atoms with van der Waals surface area (Å²) in [6, 6.07) is 9.23. The maximum atomic E-state index is 14.2. The first-order valence-corrected chi connectivity index (χ1v) is 6.00. The molecule has 1 heterocycles. The normalized spacial score (nSPS) is 27.6. The molecule has 0 bridgehead atoms. The summed E-state index contributed by atoms with van der Waals surface area (Å²) in [4.78, 5) is 1.45. The van der Waals surface area contributed by atoms with Gasteiger partial charge >= 0.3 is 0 Å². The van der Waals surface area contributed by atoms with E-state index in [9.17, 15) is 13.2 Å². The summed E-state index contributed by atoms with van der Waals surface area (Å²) in [6.45, 7) is -0.525. The highest BCUT2D eigenvalue weighted by Gasteiger charge is 2.60. The monoisotopic (exact) mass is 258 g/mol. The highest BCUT2D eigenvalue weighted by molar-refractivity contribution is 5.16. The molecule has 0 aliphatic carbocycles. The first-order valence-electron chi connectivity index (χ1n) is 6.00. The molecule has 1 unspecified atom stereocenters. The molecule has 1 aliphatic rings. The second-order valence-electron chi connectivity index (χ2n) is 4.84. The van der Waals surface area contributed by atoms with Crippen LogP contribution < -0.4 is 5.73 Å². The van der Waals surface area contributed by atoms with Crippen molar-refractivity contribution in [3.05, 3.63) is 35.9 Å². The molecule has 1 atom stereocenters. The zero-order valence-corrected chi connectivity index (χ0v) is 10.1. The van der Waals surface area contributed by atoms with Gasteiger partial charge < -0.3 is 5.73 Å². The molecule has 1 aliphatic heterocycles. The third-order valence-electron chi connectivity index (χ3n) is 3.34. The summed E-state index contributed by atoms with van der Waals surface area (Å²) in [6.07, 6.45) is -0.300. The Labute approximate surface area is 105 Å². The highest BCUT2D eigenvalue weighted by Crippen LogP contribution is 2.42. The lowest BCUT2D eigenvalue weighted by molar-refractivity contribution is -0.103. The first-order chi connectivity index (χ1) is 8.47. The zero-order valence-electron chi connectivity index (χ0n) is 10.1. The van der Waals surface area contributed by atoms with Crippen LogP contribution in [0.4, 0.5) is 13.2 Å². The van der Waals surface area contributed by atoms with Crippen molar-refractivity contribution in [2.75, 3.05) is 19.6 Å². The molecule has 18 heavy (non-hydrogen) atoms. The molecule has 2 rings (SSSR count). The van der Waals surface area contributed by atoms with Crippen LogP contribution in [0.15, 0.2) is 30.3 Å². The number of halogens is 3. The third-order valence-corrected chi connectivity index (χ3v) is 3.34. The van der Waals surface area contributed by atoms with E-state index in [1.54, 1.807) is 0 Å². The van der Waals surface area contributed by atoms with E-state index in [1.807, 2.05) is 30.3 Å². The Morgan fingerprint density at radius 2 is 1.78 bits per heavy atom. The smallest absolute Gasteiger partial charge is 0.295 e. The summed E-state index contributed by atoms with van der Waals surface area (Å²) >= 11 is 0. The number of hydrogen-bond donors (Lipinski definition) is 1. The number of benzene rings is 1. The van der Waals surface area contributed by atoms with Crippen molar-refractivity contribution in [1.29, 1.82) is 0 Å². The molecule has 1 saturated heterocycles. The van der Waals surface area contributed by atoms with Crippen LogP contribution in [0.1, 0.15) is 12.0 Å². The maximum Gasteiger partial charge on any atom is 0.295 e. The van der Waals surface area contributed by atoms with Crippen molar-refractivity contribution < 1.29 is 13.2 Å². The molecule has 100 valence electrons. The van der Waals surface area contributed by atoms with Gasteiger partial charge in [-0.15, -0.1) is 0 Å². The van der Waals surface area contributed by atoms with E-state index in [4.69, 9.17) is 5.73 Å². The molecular formula is C13H17F3N2. The van der Waals surface area contributed by atoms with Crippen molar-refractivity contribution >= 4 is 0 Å². The second-order valence-corrected chi connectivity index (χ2v) is 4.84. The van der Waals surface area contributed by atoms with E-state index in [0.717, 1.165) is 5.56 Å². The molecule has 0 amide bonds. The van der Waals surface area contributed by atoms with Crippen LogP contribution in [-0.4, -0.2) is 36.1 Å². The first kappa shape index (κ1) is 13.4. The van der Waals surface area contributed by atoms with Gasteiger partial charge in [-0.25, -0.2) is 13.2 Å². The molecule has 1 aromatic carbocycles. The van der Waals surface area contributed by atoms with Gasteiger partial charge in [-0.05, 0) is 12.1 Å². The summed E-state index contributed by atoms with van der Waals surface area (Å²) in [5, 5.41) is 0. The van der Waals surface area contributed by atoms with E-state index < -0.39 is 18.1 Å². The van der Waals surface area contributed by atoms with Crippen LogP contribution >= 0.6 is 0 Å². The lowest BCUT2D eigenvalue weighted by atomic mass is 9.97. The van der Waals surface area contributed by atoms with Gasteiger partial charge in [0.15, 0.2) is 5.67 Å². The number of rotatable bonds is 4. The molecular weight excluding hydrogens is 241 g/mol. The van der Waals surface area contributed by atoms with Crippen molar-refractivity contribution in [2.45, 2.75) is 24.6 Å². The van der Waals surface area contributed by atoms with Crippen LogP contribution in [-0.2, 0) is 6.54 Å². The Kier molecular flexibility index (Phi) is 3.64. The predicted molar refractivity (Wildman–Crippen MR) is 64.2 cm³/mol.